The Labute approximate surface area is 157 Å². The molecule has 0 unspecified atom stereocenters. The number of carbonyl (C=O) groups is 1. The van der Waals surface area contributed by atoms with Crippen molar-refractivity contribution in [3.05, 3.63) is 43.6 Å². The Hall–Kier alpha value is -1.10. The highest BCUT2D eigenvalue weighted by molar-refractivity contribution is 9.13. The highest BCUT2D eigenvalue weighted by Crippen LogP contribution is 2.44. The van der Waals surface area contributed by atoms with Gasteiger partial charge in [0.15, 0.2) is 0 Å². The first-order valence-corrected chi connectivity index (χ1v) is 11.6. The molecule has 2 aromatic rings. The van der Waals surface area contributed by atoms with E-state index in [1.165, 1.54) is 0 Å². The van der Waals surface area contributed by atoms with E-state index >= 15 is 0 Å². The van der Waals surface area contributed by atoms with Gasteiger partial charge in [-0.25, -0.2) is 0 Å². The molecule has 1 amide bonds. The number of H-pyrrole nitrogens is 1. The van der Waals surface area contributed by atoms with Crippen molar-refractivity contribution in [3.63, 3.8) is 0 Å². The summed E-state index contributed by atoms with van der Waals surface area (Å²) in [6.07, 6.45) is 1.80. The van der Waals surface area contributed by atoms with Crippen LogP contribution in [0.3, 0.4) is 0 Å². The largest absolute Gasteiger partial charge is 0.357 e. The minimum Gasteiger partial charge on any atom is -0.357 e. The zero-order valence-electron chi connectivity index (χ0n) is 13.8. The van der Waals surface area contributed by atoms with Crippen molar-refractivity contribution in [2.75, 3.05) is 18.6 Å². The Morgan fingerprint density at radius 2 is 1.79 bits per heavy atom. The molecular weight excluding hydrogens is 455 g/mol. The molecule has 0 fully saturated rings. The summed E-state index contributed by atoms with van der Waals surface area (Å²) < 4.78 is 14.6. The Morgan fingerprint density at radius 1 is 1.12 bits per heavy atom. The van der Waals surface area contributed by atoms with Crippen molar-refractivity contribution < 1.29 is 9.36 Å². The van der Waals surface area contributed by atoms with Gasteiger partial charge in [-0.2, -0.15) is 0 Å². The van der Waals surface area contributed by atoms with E-state index in [1.54, 1.807) is 19.4 Å². The molecule has 0 aliphatic carbocycles. The molecule has 3 rings (SSSR count). The number of aryl methyl sites for hydroxylation is 2. The SMILES string of the molecule is Cc1cc2c(c(P(C)(C)=O)c1)C(=Cc1[nH]c(C)c(Br)c1Br)C(=O)N2. The molecule has 126 valence electrons. The number of aromatic nitrogens is 1. The number of aromatic amines is 1. The lowest BCUT2D eigenvalue weighted by atomic mass is 10.0. The number of nitrogens with one attached hydrogen (secondary N) is 2. The van der Waals surface area contributed by atoms with Gasteiger partial charge in [-0.1, -0.05) is 0 Å². The van der Waals surface area contributed by atoms with Crippen LogP contribution in [0.25, 0.3) is 11.6 Å². The second-order valence-electron chi connectivity index (χ2n) is 6.36. The lowest BCUT2D eigenvalue weighted by molar-refractivity contribution is -0.110. The molecule has 4 nitrogen and oxygen atoms in total. The van der Waals surface area contributed by atoms with Gasteiger partial charge in [0, 0.05) is 16.6 Å². The zero-order valence-corrected chi connectivity index (χ0v) is 17.8. The van der Waals surface area contributed by atoms with E-state index in [0.29, 0.717) is 5.57 Å². The van der Waals surface area contributed by atoms with Crippen LogP contribution in [0.5, 0.6) is 0 Å². The number of benzene rings is 1. The number of halogens is 2. The number of anilines is 1. The van der Waals surface area contributed by atoms with E-state index < -0.39 is 7.14 Å². The number of rotatable bonds is 2. The molecule has 1 aliphatic rings. The predicted molar refractivity (Wildman–Crippen MR) is 108 cm³/mol. The maximum atomic E-state index is 12.8. The van der Waals surface area contributed by atoms with Crippen LogP contribution >= 0.6 is 39.0 Å². The van der Waals surface area contributed by atoms with E-state index in [-0.39, 0.29) is 5.91 Å². The predicted octanol–water partition coefficient (Wildman–Crippen LogP) is 4.90. The number of hydrogen-bond acceptors (Lipinski definition) is 2. The van der Waals surface area contributed by atoms with Crippen LogP contribution in [0.1, 0.15) is 22.5 Å². The summed E-state index contributed by atoms with van der Waals surface area (Å²) in [6, 6.07) is 3.83. The summed E-state index contributed by atoms with van der Waals surface area (Å²) in [5.74, 6) is -0.180. The van der Waals surface area contributed by atoms with Crippen LogP contribution in [0.2, 0.25) is 0 Å². The smallest absolute Gasteiger partial charge is 0.256 e. The van der Waals surface area contributed by atoms with Gasteiger partial charge in [0.2, 0.25) is 0 Å². The third kappa shape index (κ3) is 2.96. The first-order chi connectivity index (χ1) is 11.1. The molecule has 0 spiro atoms. The van der Waals surface area contributed by atoms with E-state index in [4.69, 9.17) is 0 Å². The van der Waals surface area contributed by atoms with Gasteiger partial charge < -0.3 is 14.9 Å². The lowest BCUT2D eigenvalue weighted by Crippen LogP contribution is -2.10. The summed E-state index contributed by atoms with van der Waals surface area (Å²) in [6.45, 7) is 7.34. The summed E-state index contributed by atoms with van der Waals surface area (Å²) in [5.41, 5.74) is 4.74. The van der Waals surface area contributed by atoms with Crippen LogP contribution < -0.4 is 10.6 Å². The quantitative estimate of drug-likeness (QED) is 0.483. The Balaban J connectivity index is 2.27. The number of carbonyl (C=O) groups excluding carboxylic acids is 1. The lowest BCUT2D eigenvalue weighted by Gasteiger charge is -2.14. The molecule has 2 N–H and O–H groups in total. The zero-order chi connectivity index (χ0) is 17.8. The third-order valence-corrected chi connectivity index (χ3v) is 7.83. The average molecular weight is 472 g/mol. The van der Waals surface area contributed by atoms with Crippen molar-refractivity contribution >= 4 is 67.6 Å². The van der Waals surface area contributed by atoms with E-state index in [2.05, 4.69) is 42.2 Å². The normalized spacial score (nSPS) is 15.8. The topological polar surface area (TPSA) is 62.0 Å². The second-order valence-corrected chi connectivity index (χ2v) is 11.1. The van der Waals surface area contributed by atoms with Crippen LogP contribution in [0.4, 0.5) is 5.69 Å². The Kier molecular flexibility index (Phi) is 4.44. The molecule has 1 aliphatic heterocycles. The number of fused-ring (bicyclic) bond motifs is 1. The molecule has 0 saturated heterocycles. The standard InChI is InChI=1S/C17H17Br2N2O2P/c1-8-5-11-14(13(6-8)24(3,4)23)10(17(22)21-11)7-12-16(19)15(18)9(2)20-12/h5-7,20H,1-4H3,(H,21,22). The molecule has 0 atom stereocenters. The first-order valence-electron chi connectivity index (χ1n) is 7.36. The van der Waals surface area contributed by atoms with Gasteiger partial charge in [0.1, 0.15) is 7.14 Å². The van der Waals surface area contributed by atoms with Crippen molar-refractivity contribution in [2.45, 2.75) is 13.8 Å². The van der Waals surface area contributed by atoms with Crippen LogP contribution in [-0.4, -0.2) is 24.2 Å². The number of amides is 1. The fourth-order valence-corrected chi connectivity index (χ4v) is 4.97. The molecule has 1 aromatic carbocycles. The molecule has 7 heteroatoms. The third-order valence-electron chi connectivity index (χ3n) is 3.97. The van der Waals surface area contributed by atoms with Crippen LogP contribution in [0.15, 0.2) is 21.1 Å². The molecular formula is C17H17Br2N2O2P. The first kappa shape index (κ1) is 17.7. The van der Waals surface area contributed by atoms with Gasteiger partial charge in [0.25, 0.3) is 5.91 Å². The molecule has 24 heavy (non-hydrogen) atoms. The van der Waals surface area contributed by atoms with Crippen LogP contribution in [-0.2, 0) is 9.36 Å². The number of hydrogen-bond donors (Lipinski definition) is 2. The maximum Gasteiger partial charge on any atom is 0.256 e. The van der Waals surface area contributed by atoms with Gasteiger partial charge in [-0.15, -0.1) is 0 Å². The summed E-state index contributed by atoms with van der Waals surface area (Å²) in [5, 5.41) is 3.63. The summed E-state index contributed by atoms with van der Waals surface area (Å²) in [4.78, 5) is 15.8. The minimum atomic E-state index is -2.54. The highest BCUT2D eigenvalue weighted by atomic mass is 79.9. The molecule has 0 saturated carbocycles. The van der Waals surface area contributed by atoms with Gasteiger partial charge in [-0.05, 0) is 82.8 Å². The van der Waals surface area contributed by atoms with E-state index in [1.807, 2.05) is 26.0 Å². The minimum absolute atomic E-state index is 0.180. The summed E-state index contributed by atoms with van der Waals surface area (Å²) in [7, 11) is -2.54. The molecule has 1 aromatic heterocycles. The van der Waals surface area contributed by atoms with Crippen molar-refractivity contribution in [1.29, 1.82) is 0 Å². The van der Waals surface area contributed by atoms with Crippen molar-refractivity contribution in [3.8, 4) is 0 Å². The molecule has 0 radical (unpaired) electrons. The van der Waals surface area contributed by atoms with E-state index in [0.717, 1.165) is 42.5 Å². The van der Waals surface area contributed by atoms with Gasteiger partial charge in [0.05, 0.1) is 25.9 Å². The van der Waals surface area contributed by atoms with E-state index in [9.17, 15) is 9.36 Å². The second kappa shape index (κ2) is 6.01. The summed E-state index contributed by atoms with van der Waals surface area (Å²) >= 11 is 7.03. The van der Waals surface area contributed by atoms with Gasteiger partial charge >= 0.3 is 0 Å². The average Bonchev–Trinajstić information content (AvgIpc) is 2.89. The monoisotopic (exact) mass is 470 g/mol. The molecule has 2 heterocycles. The van der Waals surface area contributed by atoms with Crippen molar-refractivity contribution in [2.24, 2.45) is 0 Å². The Bertz CT molecular complexity index is 954. The van der Waals surface area contributed by atoms with Crippen LogP contribution in [0, 0.1) is 13.8 Å². The Morgan fingerprint density at radius 3 is 2.33 bits per heavy atom. The van der Waals surface area contributed by atoms with Crippen molar-refractivity contribution in [1.82, 2.24) is 4.98 Å². The molecule has 0 bridgehead atoms. The fraction of sp³-hybridized carbons (Fsp3) is 0.235. The maximum absolute atomic E-state index is 12.8. The highest BCUT2D eigenvalue weighted by Gasteiger charge is 2.31. The fourth-order valence-electron chi connectivity index (χ4n) is 2.85. The van der Waals surface area contributed by atoms with Gasteiger partial charge in [-0.3, -0.25) is 4.79 Å².